The van der Waals surface area contributed by atoms with Crippen LogP contribution in [-0.2, 0) is 0 Å². The van der Waals surface area contributed by atoms with E-state index in [4.69, 9.17) is 11.6 Å². The van der Waals surface area contributed by atoms with Gasteiger partial charge in [-0.3, -0.25) is 0 Å². The van der Waals surface area contributed by atoms with Crippen molar-refractivity contribution in [3.8, 4) is 0 Å². The maximum Gasteiger partial charge on any atom is 0.0409 e. The molecule has 2 heteroatoms. The van der Waals surface area contributed by atoms with E-state index in [0.29, 0.717) is 6.04 Å². The van der Waals surface area contributed by atoms with Crippen molar-refractivity contribution in [1.29, 1.82) is 0 Å². The standard InChI is InChI=1S/C9H12ClN/c1-7(11-2)8-4-3-5-9(10)6-8/h3-7,11H,1-2H3. The van der Waals surface area contributed by atoms with Crippen molar-refractivity contribution in [1.82, 2.24) is 5.32 Å². The summed E-state index contributed by atoms with van der Waals surface area (Å²) in [6, 6.07) is 8.25. The van der Waals surface area contributed by atoms with Gasteiger partial charge in [0.1, 0.15) is 0 Å². The lowest BCUT2D eigenvalue weighted by Gasteiger charge is -2.09. The Balaban J connectivity index is 2.86. The van der Waals surface area contributed by atoms with Gasteiger partial charge in [0.2, 0.25) is 0 Å². The van der Waals surface area contributed by atoms with Crippen LogP contribution in [-0.4, -0.2) is 7.05 Å². The van der Waals surface area contributed by atoms with E-state index in [1.165, 1.54) is 5.56 Å². The third-order valence-corrected chi connectivity index (χ3v) is 2.02. The van der Waals surface area contributed by atoms with Crippen LogP contribution in [0.25, 0.3) is 0 Å². The van der Waals surface area contributed by atoms with Crippen molar-refractivity contribution in [2.45, 2.75) is 13.0 Å². The summed E-state index contributed by atoms with van der Waals surface area (Å²) in [5.74, 6) is 0. The van der Waals surface area contributed by atoms with Gasteiger partial charge in [-0.05, 0) is 31.7 Å². The molecule has 0 spiro atoms. The Labute approximate surface area is 72.4 Å². The van der Waals surface area contributed by atoms with Crippen molar-refractivity contribution >= 4 is 11.6 Å². The minimum atomic E-state index is 0.369. The summed E-state index contributed by atoms with van der Waals surface area (Å²) in [6.45, 7) is 2.10. The molecule has 11 heavy (non-hydrogen) atoms. The lowest BCUT2D eigenvalue weighted by Crippen LogP contribution is -2.11. The molecule has 60 valence electrons. The van der Waals surface area contributed by atoms with Gasteiger partial charge < -0.3 is 5.32 Å². The van der Waals surface area contributed by atoms with Gasteiger partial charge >= 0.3 is 0 Å². The number of rotatable bonds is 2. The third-order valence-electron chi connectivity index (χ3n) is 1.78. The highest BCUT2D eigenvalue weighted by Crippen LogP contribution is 2.16. The van der Waals surface area contributed by atoms with Gasteiger partial charge in [0, 0.05) is 11.1 Å². The quantitative estimate of drug-likeness (QED) is 0.718. The maximum absolute atomic E-state index is 5.82. The number of nitrogens with one attached hydrogen (secondary N) is 1. The normalized spacial score (nSPS) is 13.0. The van der Waals surface area contributed by atoms with Crippen LogP contribution in [0.4, 0.5) is 0 Å². The average molecular weight is 170 g/mol. The maximum atomic E-state index is 5.82. The fraction of sp³-hybridized carbons (Fsp3) is 0.333. The molecule has 0 saturated carbocycles. The number of halogens is 1. The van der Waals surface area contributed by atoms with E-state index in [-0.39, 0.29) is 0 Å². The van der Waals surface area contributed by atoms with Gasteiger partial charge in [0.25, 0.3) is 0 Å². The molecule has 0 heterocycles. The SMILES string of the molecule is CNC(C)c1cccc(Cl)c1. The number of hydrogen-bond donors (Lipinski definition) is 1. The molecule has 0 aliphatic carbocycles. The highest BCUT2D eigenvalue weighted by Gasteiger charge is 2.00. The van der Waals surface area contributed by atoms with E-state index in [0.717, 1.165) is 5.02 Å². The van der Waals surface area contributed by atoms with E-state index in [2.05, 4.69) is 18.3 Å². The predicted molar refractivity (Wildman–Crippen MR) is 48.9 cm³/mol. The Morgan fingerprint density at radius 1 is 1.45 bits per heavy atom. The third kappa shape index (κ3) is 2.21. The van der Waals surface area contributed by atoms with E-state index in [1.807, 2.05) is 25.2 Å². The second-order valence-corrected chi connectivity index (χ2v) is 3.00. The molecule has 0 bridgehead atoms. The molecule has 0 amide bonds. The summed E-state index contributed by atoms with van der Waals surface area (Å²) >= 11 is 5.82. The molecular formula is C9H12ClN. The fourth-order valence-corrected chi connectivity index (χ4v) is 1.14. The van der Waals surface area contributed by atoms with E-state index in [1.54, 1.807) is 0 Å². The summed E-state index contributed by atoms with van der Waals surface area (Å²) in [6.07, 6.45) is 0. The highest BCUT2D eigenvalue weighted by molar-refractivity contribution is 6.30. The minimum absolute atomic E-state index is 0.369. The van der Waals surface area contributed by atoms with Gasteiger partial charge in [0.15, 0.2) is 0 Å². The first-order valence-corrected chi connectivity index (χ1v) is 4.04. The van der Waals surface area contributed by atoms with Gasteiger partial charge in [-0.25, -0.2) is 0 Å². The first-order valence-electron chi connectivity index (χ1n) is 3.67. The van der Waals surface area contributed by atoms with Crippen molar-refractivity contribution in [3.05, 3.63) is 34.9 Å². The zero-order valence-electron chi connectivity index (χ0n) is 6.76. The summed E-state index contributed by atoms with van der Waals surface area (Å²) in [4.78, 5) is 0. The molecule has 1 rings (SSSR count). The predicted octanol–water partition coefficient (Wildman–Crippen LogP) is 2.62. The monoisotopic (exact) mass is 169 g/mol. The van der Waals surface area contributed by atoms with Crippen molar-refractivity contribution < 1.29 is 0 Å². The molecule has 0 fully saturated rings. The number of benzene rings is 1. The van der Waals surface area contributed by atoms with Crippen molar-refractivity contribution in [2.75, 3.05) is 7.05 Å². The summed E-state index contributed by atoms with van der Waals surface area (Å²) in [7, 11) is 1.94. The van der Waals surface area contributed by atoms with Crippen LogP contribution in [0.1, 0.15) is 18.5 Å². The van der Waals surface area contributed by atoms with Gasteiger partial charge in [-0.2, -0.15) is 0 Å². The van der Waals surface area contributed by atoms with E-state index < -0.39 is 0 Å². The lowest BCUT2D eigenvalue weighted by molar-refractivity contribution is 0.652. The molecular weight excluding hydrogens is 158 g/mol. The zero-order chi connectivity index (χ0) is 8.27. The van der Waals surface area contributed by atoms with Crippen molar-refractivity contribution in [2.24, 2.45) is 0 Å². The molecule has 1 aromatic carbocycles. The Morgan fingerprint density at radius 3 is 2.73 bits per heavy atom. The highest BCUT2D eigenvalue weighted by atomic mass is 35.5. The van der Waals surface area contributed by atoms with Gasteiger partial charge in [-0.1, -0.05) is 23.7 Å². The number of hydrogen-bond acceptors (Lipinski definition) is 1. The van der Waals surface area contributed by atoms with Crippen LogP contribution in [0, 0.1) is 0 Å². The summed E-state index contributed by atoms with van der Waals surface area (Å²) < 4.78 is 0. The minimum Gasteiger partial charge on any atom is -0.313 e. The first kappa shape index (κ1) is 8.57. The molecule has 0 saturated heterocycles. The fourth-order valence-electron chi connectivity index (χ4n) is 0.943. The second kappa shape index (κ2) is 3.74. The van der Waals surface area contributed by atoms with Gasteiger partial charge in [-0.15, -0.1) is 0 Å². The average Bonchev–Trinajstić information content (AvgIpc) is 2.03. The van der Waals surface area contributed by atoms with Crippen LogP contribution in [0.5, 0.6) is 0 Å². The molecule has 0 aliphatic rings. The van der Waals surface area contributed by atoms with Crippen LogP contribution in [0.15, 0.2) is 24.3 Å². The van der Waals surface area contributed by atoms with Crippen LogP contribution >= 0.6 is 11.6 Å². The van der Waals surface area contributed by atoms with E-state index >= 15 is 0 Å². The molecule has 1 unspecified atom stereocenters. The molecule has 1 nitrogen and oxygen atoms in total. The Kier molecular flexibility index (Phi) is 2.92. The summed E-state index contributed by atoms with van der Waals surface area (Å²) in [5, 5.41) is 3.95. The first-order chi connectivity index (χ1) is 5.24. The molecule has 1 atom stereocenters. The molecule has 0 aromatic heterocycles. The molecule has 0 radical (unpaired) electrons. The largest absolute Gasteiger partial charge is 0.313 e. The topological polar surface area (TPSA) is 12.0 Å². The lowest BCUT2D eigenvalue weighted by atomic mass is 10.1. The second-order valence-electron chi connectivity index (χ2n) is 2.57. The van der Waals surface area contributed by atoms with Crippen LogP contribution in [0.2, 0.25) is 5.02 Å². The Morgan fingerprint density at radius 2 is 2.18 bits per heavy atom. The van der Waals surface area contributed by atoms with E-state index in [9.17, 15) is 0 Å². The molecule has 0 aliphatic heterocycles. The zero-order valence-corrected chi connectivity index (χ0v) is 7.52. The summed E-state index contributed by atoms with van der Waals surface area (Å²) in [5.41, 5.74) is 1.22. The smallest absolute Gasteiger partial charge is 0.0409 e. The van der Waals surface area contributed by atoms with Gasteiger partial charge in [0.05, 0.1) is 0 Å². The van der Waals surface area contributed by atoms with Crippen LogP contribution in [0.3, 0.4) is 0 Å². The van der Waals surface area contributed by atoms with Crippen molar-refractivity contribution in [3.63, 3.8) is 0 Å². The molecule has 1 N–H and O–H groups in total. The van der Waals surface area contributed by atoms with Crippen LogP contribution < -0.4 is 5.32 Å². The Bertz CT molecular complexity index is 235. The molecule has 1 aromatic rings. The Hall–Kier alpha value is -0.530.